The summed E-state index contributed by atoms with van der Waals surface area (Å²) in [6, 6.07) is 15.8. The molecule has 3 heterocycles. The predicted molar refractivity (Wildman–Crippen MR) is 172 cm³/mol. The fraction of sp³-hybridized carbons (Fsp3) is 0.455. The van der Waals surface area contributed by atoms with Crippen molar-refractivity contribution >= 4 is 22.5 Å². The minimum atomic E-state index is -0.668. The maximum Gasteiger partial charge on any atom is 0.328 e. The van der Waals surface area contributed by atoms with Gasteiger partial charge in [0.25, 0.3) is 0 Å². The van der Waals surface area contributed by atoms with Crippen LogP contribution in [0.5, 0.6) is 5.88 Å². The van der Waals surface area contributed by atoms with Crippen LogP contribution in [-0.2, 0) is 13.1 Å². The summed E-state index contributed by atoms with van der Waals surface area (Å²) in [7, 11) is 0. The van der Waals surface area contributed by atoms with E-state index in [1.807, 2.05) is 31.2 Å². The molecule has 0 bridgehead atoms. The molecule has 2 aromatic heterocycles. The third-order valence-corrected chi connectivity index (χ3v) is 8.51. The summed E-state index contributed by atoms with van der Waals surface area (Å²) in [4.78, 5) is 22.9. The van der Waals surface area contributed by atoms with Crippen molar-refractivity contribution in [1.29, 1.82) is 0 Å². The number of nitrogens with two attached hydrogens (primary N) is 2. The van der Waals surface area contributed by atoms with Crippen LogP contribution in [0, 0.1) is 12.8 Å². The van der Waals surface area contributed by atoms with Crippen LogP contribution < -0.4 is 27.2 Å². The van der Waals surface area contributed by atoms with Gasteiger partial charge in [-0.3, -0.25) is 14.8 Å². The Balaban J connectivity index is 1.12. The first kappa shape index (κ1) is 30.6. The zero-order valence-corrected chi connectivity index (χ0v) is 25.3. The van der Waals surface area contributed by atoms with Gasteiger partial charge in [0.15, 0.2) is 5.65 Å². The minimum Gasteiger partial charge on any atom is -0.477 e. The van der Waals surface area contributed by atoms with Gasteiger partial charge in [-0.2, -0.15) is 4.98 Å². The maximum atomic E-state index is 12.9. The summed E-state index contributed by atoms with van der Waals surface area (Å²) < 4.78 is 7.51. The molecule has 4 aromatic rings. The first-order chi connectivity index (χ1) is 20.8. The lowest BCUT2D eigenvalue weighted by Crippen LogP contribution is -2.34. The van der Waals surface area contributed by atoms with Crippen LogP contribution in [0.4, 0.5) is 11.4 Å². The van der Waals surface area contributed by atoms with E-state index in [1.165, 1.54) is 5.56 Å². The number of unbranched alkanes of at least 4 members (excludes halogenated alkanes) is 1. The van der Waals surface area contributed by atoms with Crippen molar-refractivity contribution < 1.29 is 9.84 Å². The second kappa shape index (κ2) is 14.1. The molecule has 2 aromatic carbocycles. The summed E-state index contributed by atoms with van der Waals surface area (Å²) in [6.07, 6.45) is 4.64. The van der Waals surface area contributed by atoms with Crippen LogP contribution in [0.3, 0.4) is 0 Å². The van der Waals surface area contributed by atoms with E-state index in [4.69, 9.17) is 16.2 Å². The van der Waals surface area contributed by atoms with Gasteiger partial charge >= 0.3 is 5.69 Å². The molecule has 1 aliphatic rings. The van der Waals surface area contributed by atoms with Crippen LogP contribution in [0.25, 0.3) is 11.2 Å². The van der Waals surface area contributed by atoms with Gasteiger partial charge in [0.1, 0.15) is 11.7 Å². The topological polar surface area (TPSA) is 147 Å². The average Bonchev–Trinajstić information content (AvgIpc) is 3.32. The molecule has 0 amide bonds. The first-order valence-electron chi connectivity index (χ1n) is 15.4. The monoisotopic (exact) mass is 587 g/mol. The van der Waals surface area contributed by atoms with Gasteiger partial charge in [0.05, 0.1) is 18.8 Å². The van der Waals surface area contributed by atoms with Gasteiger partial charge in [-0.15, -0.1) is 0 Å². The van der Waals surface area contributed by atoms with Crippen LogP contribution in [0.2, 0.25) is 0 Å². The lowest BCUT2D eigenvalue weighted by molar-refractivity contribution is 0.129. The molecule has 43 heavy (non-hydrogen) atoms. The Bertz CT molecular complexity index is 1540. The van der Waals surface area contributed by atoms with E-state index in [-0.39, 0.29) is 5.69 Å². The van der Waals surface area contributed by atoms with E-state index in [9.17, 15) is 9.90 Å². The van der Waals surface area contributed by atoms with Crippen molar-refractivity contribution in [3.8, 4) is 5.88 Å². The lowest BCUT2D eigenvalue weighted by atomic mass is 9.93. The van der Waals surface area contributed by atoms with Crippen molar-refractivity contribution in [3.05, 3.63) is 81.3 Å². The Morgan fingerprint density at radius 3 is 2.42 bits per heavy atom. The fourth-order valence-electron chi connectivity index (χ4n) is 5.69. The predicted octanol–water partition coefficient (Wildman–Crippen LogP) is 4.31. The molecule has 7 N–H and O–H groups in total. The van der Waals surface area contributed by atoms with E-state index in [0.29, 0.717) is 47.5 Å². The highest BCUT2D eigenvalue weighted by Crippen LogP contribution is 2.28. The highest BCUT2D eigenvalue weighted by atomic mass is 16.5. The Morgan fingerprint density at radius 2 is 1.74 bits per heavy atom. The quantitative estimate of drug-likeness (QED) is 0.0883. The highest BCUT2D eigenvalue weighted by Gasteiger charge is 2.20. The number of H-pyrrole nitrogens is 1. The zero-order chi connectivity index (χ0) is 30.3. The van der Waals surface area contributed by atoms with E-state index in [1.54, 1.807) is 4.57 Å². The Labute approximate surface area is 253 Å². The SMILES string of the molecule is CCCCOc1nc2c([nH]c(=O)n2Cc2ccc(CN3CCC(CCNC(O)c4ccc(N)cc4)CC3)cc2)c(N)c1C. The van der Waals surface area contributed by atoms with Crippen molar-refractivity contribution in [2.24, 2.45) is 5.92 Å². The summed E-state index contributed by atoms with van der Waals surface area (Å²) in [5.74, 6) is 1.14. The third kappa shape index (κ3) is 7.57. The van der Waals surface area contributed by atoms with Crippen molar-refractivity contribution in [2.75, 3.05) is 37.7 Å². The number of nitrogen functional groups attached to an aromatic ring is 2. The molecule has 1 atom stereocenters. The van der Waals surface area contributed by atoms with E-state index < -0.39 is 6.23 Å². The number of likely N-dealkylation sites (tertiary alicyclic amines) is 1. The fourth-order valence-corrected chi connectivity index (χ4v) is 5.69. The van der Waals surface area contributed by atoms with Crippen LogP contribution in [-0.4, -0.2) is 50.8 Å². The van der Waals surface area contributed by atoms with Gasteiger partial charge in [-0.1, -0.05) is 49.7 Å². The van der Waals surface area contributed by atoms with Crippen LogP contribution in [0.1, 0.15) is 67.5 Å². The lowest BCUT2D eigenvalue weighted by Gasteiger charge is -2.32. The van der Waals surface area contributed by atoms with Gasteiger partial charge in [-0.25, -0.2) is 4.79 Å². The van der Waals surface area contributed by atoms with E-state index in [0.717, 1.165) is 75.0 Å². The molecule has 1 saturated heterocycles. The summed E-state index contributed by atoms with van der Waals surface area (Å²) >= 11 is 0. The van der Waals surface area contributed by atoms with E-state index in [2.05, 4.69) is 51.4 Å². The largest absolute Gasteiger partial charge is 0.477 e. The molecule has 0 aliphatic carbocycles. The molecule has 1 aliphatic heterocycles. The molecule has 1 fully saturated rings. The van der Waals surface area contributed by atoms with Crippen LogP contribution >= 0.6 is 0 Å². The number of aromatic amines is 1. The molecule has 230 valence electrons. The molecular formula is C33H45N7O3. The minimum absolute atomic E-state index is 0.235. The number of ether oxygens (including phenoxy) is 1. The number of aliphatic hydroxyl groups excluding tert-OH is 1. The number of hydrogen-bond acceptors (Lipinski definition) is 8. The number of aromatic nitrogens is 3. The summed E-state index contributed by atoms with van der Waals surface area (Å²) in [5, 5.41) is 13.6. The maximum absolute atomic E-state index is 12.9. The zero-order valence-electron chi connectivity index (χ0n) is 25.3. The third-order valence-electron chi connectivity index (χ3n) is 8.51. The number of benzene rings is 2. The average molecular weight is 588 g/mol. The summed E-state index contributed by atoms with van der Waals surface area (Å²) in [5.41, 5.74) is 18.0. The number of imidazole rings is 1. The standard InChI is InChI=1S/C33H45N7O3/c1-3-4-19-43-32-22(2)28(35)29-30(38-32)40(33(42)37-29)21-25-7-5-24(6-8-25)20-39-17-14-23(15-18-39)13-16-36-31(41)26-9-11-27(34)12-10-26/h5-12,23,31,36,41H,3-4,13-21,34H2,1-2H3,(H2,35,38)(H,37,42). The first-order valence-corrected chi connectivity index (χ1v) is 15.4. The van der Waals surface area contributed by atoms with Gasteiger partial charge < -0.3 is 26.3 Å². The summed E-state index contributed by atoms with van der Waals surface area (Å²) in [6.45, 7) is 8.76. The van der Waals surface area contributed by atoms with Gasteiger partial charge in [0.2, 0.25) is 5.88 Å². The second-order valence-electron chi connectivity index (χ2n) is 11.7. The normalized spacial score (nSPS) is 15.2. The molecule has 10 heteroatoms. The second-order valence-corrected chi connectivity index (χ2v) is 11.7. The number of pyridine rings is 1. The molecule has 0 spiro atoms. The van der Waals surface area contributed by atoms with E-state index >= 15 is 0 Å². The number of anilines is 2. The van der Waals surface area contributed by atoms with Gasteiger partial charge in [-0.05, 0) is 87.0 Å². The highest BCUT2D eigenvalue weighted by molar-refractivity contribution is 5.87. The molecule has 10 nitrogen and oxygen atoms in total. The van der Waals surface area contributed by atoms with Crippen molar-refractivity contribution in [1.82, 2.24) is 24.8 Å². The Hall–Kier alpha value is -3.86. The van der Waals surface area contributed by atoms with Crippen LogP contribution in [0.15, 0.2) is 53.3 Å². The molecule has 0 saturated carbocycles. The number of nitrogens with zero attached hydrogens (tertiary/aromatic N) is 3. The van der Waals surface area contributed by atoms with Gasteiger partial charge in [0, 0.05) is 17.8 Å². The van der Waals surface area contributed by atoms with Crippen molar-refractivity contribution in [2.45, 2.75) is 65.3 Å². The smallest absolute Gasteiger partial charge is 0.328 e. The van der Waals surface area contributed by atoms with Crippen molar-refractivity contribution in [3.63, 3.8) is 0 Å². The molecule has 1 unspecified atom stereocenters. The number of rotatable bonds is 13. The molecular weight excluding hydrogens is 542 g/mol. The number of fused-ring (bicyclic) bond motifs is 1. The molecule has 0 radical (unpaired) electrons. The Morgan fingerprint density at radius 1 is 1.07 bits per heavy atom. The molecule has 5 rings (SSSR count). The number of hydrogen-bond donors (Lipinski definition) is 5. The Kier molecular flexibility index (Phi) is 10.0. The number of nitrogens with one attached hydrogen (secondary N) is 2. The number of piperidine rings is 1. The number of aliphatic hydroxyl groups is 1.